The Hall–Kier alpha value is -2.09. The first kappa shape index (κ1) is 16.8. The first-order chi connectivity index (χ1) is 11.6. The molecule has 1 unspecified atom stereocenters. The summed E-state index contributed by atoms with van der Waals surface area (Å²) in [5.41, 5.74) is 3.20. The molecule has 1 amide bonds. The van der Waals surface area contributed by atoms with Crippen LogP contribution < -0.4 is 5.32 Å². The van der Waals surface area contributed by atoms with Crippen LogP contribution in [-0.2, 0) is 10.2 Å². The topological polar surface area (TPSA) is 29.1 Å². The lowest BCUT2D eigenvalue weighted by atomic mass is 9.68. The number of nitrogens with one attached hydrogen (secondary N) is 1. The van der Waals surface area contributed by atoms with Crippen LogP contribution in [0.2, 0.25) is 0 Å². The van der Waals surface area contributed by atoms with Gasteiger partial charge in [-0.2, -0.15) is 0 Å². The molecule has 1 atom stereocenters. The van der Waals surface area contributed by atoms with Crippen LogP contribution in [0.15, 0.2) is 54.6 Å². The van der Waals surface area contributed by atoms with E-state index in [-0.39, 0.29) is 17.4 Å². The van der Waals surface area contributed by atoms with Crippen molar-refractivity contribution in [1.82, 2.24) is 5.32 Å². The Balaban J connectivity index is 1.85. The van der Waals surface area contributed by atoms with Crippen LogP contribution in [0.3, 0.4) is 0 Å². The summed E-state index contributed by atoms with van der Waals surface area (Å²) in [4.78, 5) is 13.3. The zero-order chi connectivity index (χ0) is 17.0. The number of aryl methyl sites for hydroxylation is 1. The second kappa shape index (κ2) is 7.21. The molecule has 1 fully saturated rings. The first-order valence-corrected chi connectivity index (χ1v) is 9.05. The van der Waals surface area contributed by atoms with Gasteiger partial charge >= 0.3 is 0 Å². The molecule has 3 rings (SSSR count). The molecule has 0 spiro atoms. The number of hydrogen-bond acceptors (Lipinski definition) is 1. The van der Waals surface area contributed by atoms with Gasteiger partial charge in [-0.05, 0) is 37.8 Å². The van der Waals surface area contributed by atoms with Crippen LogP contribution >= 0.6 is 0 Å². The molecule has 2 nitrogen and oxygen atoms in total. The second-order valence-corrected chi connectivity index (χ2v) is 7.11. The van der Waals surface area contributed by atoms with E-state index >= 15 is 0 Å². The van der Waals surface area contributed by atoms with E-state index in [2.05, 4.69) is 55.6 Å². The molecule has 1 aliphatic rings. The predicted octanol–water partition coefficient (Wildman–Crippen LogP) is 5.07. The smallest absolute Gasteiger partial charge is 0.231 e. The van der Waals surface area contributed by atoms with Crippen molar-refractivity contribution in [3.8, 4) is 0 Å². The highest BCUT2D eigenvalue weighted by atomic mass is 16.2. The average molecular weight is 321 g/mol. The number of benzene rings is 2. The average Bonchev–Trinajstić information content (AvgIpc) is 2.63. The van der Waals surface area contributed by atoms with Gasteiger partial charge in [0.15, 0.2) is 0 Å². The summed E-state index contributed by atoms with van der Waals surface area (Å²) in [6.07, 6.45) is 5.38. The monoisotopic (exact) mass is 321 g/mol. The Morgan fingerprint density at radius 2 is 1.58 bits per heavy atom. The van der Waals surface area contributed by atoms with Crippen molar-refractivity contribution in [3.05, 3.63) is 71.3 Å². The fourth-order valence-electron chi connectivity index (χ4n) is 3.83. The molecule has 0 aliphatic heterocycles. The molecule has 0 aromatic heterocycles. The lowest BCUT2D eigenvalue weighted by Gasteiger charge is -2.37. The lowest BCUT2D eigenvalue weighted by molar-refractivity contribution is -0.128. The fourth-order valence-corrected chi connectivity index (χ4v) is 3.83. The summed E-state index contributed by atoms with van der Waals surface area (Å²) in [6.45, 7) is 4.16. The molecule has 1 N–H and O–H groups in total. The molecule has 1 aliphatic carbocycles. The van der Waals surface area contributed by atoms with Gasteiger partial charge in [-0.3, -0.25) is 4.79 Å². The SMILES string of the molecule is Cc1ccc(C2(C(=O)NC(C)c3ccccc3)CCCCC2)cc1. The van der Waals surface area contributed by atoms with Crippen molar-refractivity contribution in [2.45, 2.75) is 57.4 Å². The first-order valence-electron chi connectivity index (χ1n) is 9.05. The third kappa shape index (κ3) is 3.38. The number of carbonyl (C=O) groups excluding carboxylic acids is 1. The molecule has 2 aromatic carbocycles. The standard InChI is InChI=1S/C22H27NO/c1-17-11-13-20(14-12-17)22(15-7-4-8-16-22)21(24)23-18(2)19-9-5-3-6-10-19/h3,5-6,9-14,18H,4,7-8,15-16H2,1-2H3,(H,23,24). The van der Waals surface area contributed by atoms with Crippen molar-refractivity contribution in [1.29, 1.82) is 0 Å². The molecular formula is C22H27NO. The van der Waals surface area contributed by atoms with Crippen molar-refractivity contribution >= 4 is 5.91 Å². The third-order valence-electron chi connectivity index (χ3n) is 5.39. The van der Waals surface area contributed by atoms with Gasteiger partial charge in [-0.1, -0.05) is 79.4 Å². The van der Waals surface area contributed by atoms with Gasteiger partial charge < -0.3 is 5.32 Å². The number of hydrogen-bond donors (Lipinski definition) is 1. The summed E-state index contributed by atoms with van der Waals surface area (Å²) in [7, 11) is 0. The highest BCUT2D eigenvalue weighted by molar-refractivity contribution is 5.88. The van der Waals surface area contributed by atoms with Gasteiger partial charge in [-0.25, -0.2) is 0 Å². The zero-order valence-corrected chi connectivity index (χ0v) is 14.7. The maximum atomic E-state index is 13.3. The van der Waals surface area contributed by atoms with Crippen molar-refractivity contribution in [2.75, 3.05) is 0 Å². The minimum absolute atomic E-state index is 0.0305. The van der Waals surface area contributed by atoms with E-state index in [4.69, 9.17) is 0 Å². The maximum absolute atomic E-state index is 13.3. The molecule has 24 heavy (non-hydrogen) atoms. The lowest BCUT2D eigenvalue weighted by Crippen LogP contribution is -2.46. The second-order valence-electron chi connectivity index (χ2n) is 7.11. The van der Waals surface area contributed by atoms with Crippen molar-refractivity contribution < 1.29 is 4.79 Å². The maximum Gasteiger partial charge on any atom is 0.231 e. The van der Waals surface area contributed by atoms with E-state index in [0.29, 0.717) is 0 Å². The van der Waals surface area contributed by atoms with Crippen LogP contribution in [-0.4, -0.2) is 5.91 Å². The Kier molecular flexibility index (Phi) is 5.03. The van der Waals surface area contributed by atoms with Gasteiger partial charge in [0.05, 0.1) is 11.5 Å². The van der Waals surface area contributed by atoms with Crippen molar-refractivity contribution in [2.24, 2.45) is 0 Å². The Morgan fingerprint density at radius 3 is 2.21 bits per heavy atom. The zero-order valence-electron chi connectivity index (χ0n) is 14.7. The normalized spacial score (nSPS) is 17.9. The van der Waals surface area contributed by atoms with Crippen LogP contribution in [0, 0.1) is 6.92 Å². The highest BCUT2D eigenvalue weighted by Gasteiger charge is 2.41. The van der Waals surface area contributed by atoms with E-state index in [9.17, 15) is 4.79 Å². The molecule has 1 saturated carbocycles. The van der Waals surface area contributed by atoms with E-state index in [1.54, 1.807) is 0 Å². The van der Waals surface area contributed by atoms with Crippen LogP contribution in [0.1, 0.15) is 61.8 Å². The molecule has 2 aromatic rings. The van der Waals surface area contributed by atoms with E-state index in [1.165, 1.54) is 17.5 Å². The molecule has 0 saturated heterocycles. The largest absolute Gasteiger partial charge is 0.349 e. The van der Waals surface area contributed by atoms with Crippen LogP contribution in [0.25, 0.3) is 0 Å². The van der Waals surface area contributed by atoms with Crippen molar-refractivity contribution in [3.63, 3.8) is 0 Å². The number of carbonyl (C=O) groups is 1. The molecule has 0 bridgehead atoms. The summed E-state index contributed by atoms with van der Waals surface area (Å²) >= 11 is 0. The summed E-state index contributed by atoms with van der Waals surface area (Å²) in [5, 5.41) is 3.28. The molecule has 2 heteroatoms. The summed E-state index contributed by atoms with van der Waals surface area (Å²) in [6, 6.07) is 18.8. The Labute approximate surface area is 145 Å². The molecule has 126 valence electrons. The van der Waals surface area contributed by atoms with Gasteiger partial charge in [0.25, 0.3) is 0 Å². The minimum atomic E-state index is -0.366. The quantitative estimate of drug-likeness (QED) is 0.836. The minimum Gasteiger partial charge on any atom is -0.349 e. The van der Waals surface area contributed by atoms with Crippen LogP contribution in [0.5, 0.6) is 0 Å². The van der Waals surface area contributed by atoms with Crippen LogP contribution in [0.4, 0.5) is 0 Å². The molecule has 0 radical (unpaired) electrons. The van der Waals surface area contributed by atoms with E-state index < -0.39 is 0 Å². The summed E-state index contributed by atoms with van der Waals surface area (Å²) < 4.78 is 0. The van der Waals surface area contributed by atoms with Gasteiger partial charge in [-0.15, -0.1) is 0 Å². The van der Waals surface area contributed by atoms with Gasteiger partial charge in [0, 0.05) is 0 Å². The summed E-state index contributed by atoms with van der Waals surface area (Å²) in [5.74, 6) is 0.183. The van der Waals surface area contributed by atoms with E-state index in [1.807, 2.05) is 18.2 Å². The molecular weight excluding hydrogens is 294 g/mol. The number of rotatable bonds is 4. The van der Waals surface area contributed by atoms with Gasteiger partial charge in [0.1, 0.15) is 0 Å². The van der Waals surface area contributed by atoms with Gasteiger partial charge in [0.2, 0.25) is 5.91 Å². The highest BCUT2D eigenvalue weighted by Crippen LogP contribution is 2.40. The third-order valence-corrected chi connectivity index (χ3v) is 5.39. The predicted molar refractivity (Wildman–Crippen MR) is 98.9 cm³/mol. The Morgan fingerprint density at radius 1 is 0.958 bits per heavy atom. The molecule has 0 heterocycles. The number of amides is 1. The fraction of sp³-hybridized carbons (Fsp3) is 0.409. The van der Waals surface area contributed by atoms with E-state index in [0.717, 1.165) is 31.2 Å². The Bertz CT molecular complexity index is 669.